The van der Waals surface area contributed by atoms with Gasteiger partial charge in [-0.05, 0) is 74.3 Å². The fourth-order valence-electron chi connectivity index (χ4n) is 13.7. The quantitative estimate of drug-likeness (QED) is 0.0305. The average Bonchev–Trinajstić information content (AvgIpc) is 0.727. The zero-order valence-corrected chi connectivity index (χ0v) is 62.6. The van der Waals surface area contributed by atoms with Gasteiger partial charge in [0.1, 0.15) is 71.7 Å². The highest BCUT2D eigenvalue weighted by Crippen LogP contribution is 2.57. The van der Waals surface area contributed by atoms with Gasteiger partial charge >= 0.3 is 17.9 Å². The van der Waals surface area contributed by atoms with Crippen LogP contribution >= 0.6 is 0 Å². The number of esters is 3. The number of hydrogen-bond acceptors (Lipinski definition) is 18. The number of ether oxygens (including phenoxy) is 15. The Bertz CT molecular complexity index is 5320. The molecule has 6 atom stereocenters. The largest absolute Gasteiger partial charge is 0.485 e. The Morgan fingerprint density at radius 1 is 0.296 bits per heavy atom. The molecule has 13 aromatic rings. The van der Waals surface area contributed by atoms with Crippen molar-refractivity contribution in [3.63, 3.8) is 0 Å². The summed E-state index contributed by atoms with van der Waals surface area (Å²) in [4.78, 5) is 50.1. The van der Waals surface area contributed by atoms with Gasteiger partial charge in [0.25, 0.3) is 0 Å². The van der Waals surface area contributed by atoms with Gasteiger partial charge in [0.15, 0.2) is 46.9 Å². The molecule has 0 amide bonds. The van der Waals surface area contributed by atoms with E-state index in [9.17, 15) is 0 Å². The molecule has 3 heterocycles. The summed E-state index contributed by atoms with van der Waals surface area (Å²) in [6.45, 7) is -0.425. The van der Waals surface area contributed by atoms with E-state index >= 15 is 14.4 Å². The third kappa shape index (κ3) is 18.6. The monoisotopic (exact) mass is 1530 g/mol. The van der Waals surface area contributed by atoms with Gasteiger partial charge in [0.2, 0.25) is 29.6 Å². The fraction of sp³-hybridized carbons (Fsp3) is 0.165. The van der Waals surface area contributed by atoms with E-state index in [-0.39, 0.29) is 146 Å². The Morgan fingerprint density at radius 3 is 0.904 bits per heavy atom. The van der Waals surface area contributed by atoms with Gasteiger partial charge < -0.3 is 71.1 Å². The van der Waals surface area contributed by atoms with E-state index in [1.807, 2.05) is 303 Å². The molecule has 0 bridgehead atoms. The van der Waals surface area contributed by atoms with E-state index in [1.165, 1.54) is 24.3 Å². The van der Waals surface area contributed by atoms with Gasteiger partial charge in [-0.15, -0.1) is 0 Å². The van der Waals surface area contributed by atoms with Crippen molar-refractivity contribution >= 4 is 17.9 Å². The lowest BCUT2D eigenvalue weighted by Crippen LogP contribution is -2.64. The number of fused-ring (bicyclic) bond motifs is 6. The Balaban J connectivity index is 0.908. The molecule has 16 rings (SSSR count). The van der Waals surface area contributed by atoms with Gasteiger partial charge in [0, 0.05) is 16.7 Å². The second kappa shape index (κ2) is 36.7. The molecule has 0 saturated carbocycles. The maximum atomic E-state index is 17.1. The fourth-order valence-corrected chi connectivity index (χ4v) is 13.7. The summed E-state index contributed by atoms with van der Waals surface area (Å²) in [5, 5.41) is 0. The molecule has 0 N–H and O–H groups in total. The Hall–Kier alpha value is -13.7. The normalized spacial score (nSPS) is 16.7. The van der Waals surface area contributed by atoms with Crippen molar-refractivity contribution in [2.24, 2.45) is 0 Å². The van der Waals surface area contributed by atoms with Crippen molar-refractivity contribution < 1.29 is 85.4 Å². The molecule has 115 heavy (non-hydrogen) atoms. The topological polar surface area (TPSA) is 190 Å². The average molecular weight is 1530 g/mol. The molecule has 18 heteroatoms. The lowest BCUT2D eigenvalue weighted by atomic mass is 9.90. The van der Waals surface area contributed by atoms with Crippen LogP contribution in [0.4, 0.5) is 0 Å². The first kappa shape index (κ1) is 75.4. The van der Waals surface area contributed by atoms with Crippen LogP contribution in [0.15, 0.2) is 328 Å². The van der Waals surface area contributed by atoms with Crippen molar-refractivity contribution in [1.29, 1.82) is 0 Å². The van der Waals surface area contributed by atoms with Crippen molar-refractivity contribution in [3.8, 4) is 62.9 Å². The van der Waals surface area contributed by atoms with Crippen molar-refractivity contribution in [3.05, 3.63) is 400 Å². The molecule has 0 aliphatic carbocycles. The minimum absolute atomic E-state index is 0.0237. The van der Waals surface area contributed by atoms with Gasteiger partial charge in [0.05, 0.1) is 23.3 Å². The van der Waals surface area contributed by atoms with E-state index in [1.54, 1.807) is 0 Å². The highest BCUT2D eigenvalue weighted by molar-refractivity contribution is 6.09. The number of rotatable bonds is 30. The minimum atomic E-state index is -1.92. The molecule has 2 saturated heterocycles. The predicted octanol–water partition coefficient (Wildman–Crippen LogP) is 19.3. The molecular formula is C97H80O18. The molecule has 576 valence electrons. The second-order valence-corrected chi connectivity index (χ2v) is 27.5. The molecule has 0 spiro atoms. The smallest absolute Gasteiger partial charge is 0.340 e. The third-order valence-corrected chi connectivity index (χ3v) is 19.5. The Labute approximate surface area is 665 Å². The van der Waals surface area contributed by atoms with Crippen molar-refractivity contribution in [2.45, 2.75) is 96.5 Å². The first-order valence-electron chi connectivity index (χ1n) is 38.0. The summed E-state index contributed by atoms with van der Waals surface area (Å²) in [6.07, 6.45) is -9.10. The first-order valence-corrected chi connectivity index (χ1v) is 38.0. The molecule has 0 radical (unpaired) electrons. The first-order chi connectivity index (χ1) is 56.7. The lowest BCUT2D eigenvalue weighted by molar-refractivity contribution is -0.351. The van der Waals surface area contributed by atoms with Crippen LogP contribution in [0, 0.1) is 0 Å². The van der Waals surface area contributed by atoms with Crippen LogP contribution in [0.25, 0.3) is 11.1 Å². The Kier molecular flexibility index (Phi) is 24.0. The molecular weight excluding hydrogens is 1450 g/mol. The molecule has 2 fully saturated rings. The highest BCUT2D eigenvalue weighted by atomic mass is 16.8. The number of carbonyl (C=O) groups excluding carboxylic acids is 3. The van der Waals surface area contributed by atoms with E-state index in [0.29, 0.717) is 11.1 Å². The van der Waals surface area contributed by atoms with Crippen LogP contribution in [0.2, 0.25) is 0 Å². The molecule has 0 aromatic heterocycles. The molecule has 3 aliphatic heterocycles. The highest BCUT2D eigenvalue weighted by Gasteiger charge is 2.56. The molecule has 0 unspecified atom stereocenters. The van der Waals surface area contributed by atoms with Crippen LogP contribution in [-0.4, -0.2) is 55.2 Å². The standard InChI is InChI=1S/C97H80O18/c98-93(75-51-78(101-55-65-31-11-1-12-32-65)85(105-59-69-39-19-5-20-40-69)79(52-75)102-56-66-33-13-2-14-34-66)115-97-92-91(88-82(111-97)64-110-96(114-88)74-49-29-10-30-50-74)112-94(99)76-53-80(103-57-67-35-15-3-16-36-67)86(106-60-70-41-21-6-22-42-70)89(108-62-72-45-25-8-26-46-72)83(76)84-77(95(100)113-92)54-81(104-58-68-37-17-4-18-38-68)87(107-61-71-43-23-7-24-44-71)90(84)109-63-73-47-27-9-28-48-73/h1-54,82,88,91-92,96-97H,55-64H2/t82-,88-,91+,92-,96-,97+/m1/s1. The van der Waals surface area contributed by atoms with Gasteiger partial charge in [-0.25, -0.2) is 14.4 Å². The summed E-state index contributed by atoms with van der Waals surface area (Å²) in [7, 11) is 0. The maximum absolute atomic E-state index is 17.1. The van der Waals surface area contributed by atoms with E-state index < -0.39 is 54.9 Å². The van der Waals surface area contributed by atoms with Crippen LogP contribution in [0.3, 0.4) is 0 Å². The van der Waals surface area contributed by atoms with Gasteiger partial charge in [-0.3, -0.25) is 0 Å². The van der Waals surface area contributed by atoms with Crippen LogP contribution in [0.1, 0.15) is 93.0 Å². The van der Waals surface area contributed by atoms with Gasteiger partial charge in [-0.2, -0.15) is 0 Å². The van der Waals surface area contributed by atoms with Gasteiger partial charge in [-0.1, -0.05) is 303 Å². The summed E-state index contributed by atoms with van der Waals surface area (Å²) in [5.41, 5.74) is 6.92. The zero-order valence-electron chi connectivity index (χ0n) is 62.6. The zero-order chi connectivity index (χ0) is 77.9. The van der Waals surface area contributed by atoms with Crippen LogP contribution < -0.4 is 42.6 Å². The van der Waals surface area contributed by atoms with E-state index in [0.717, 1.165) is 44.5 Å². The number of benzene rings is 13. The van der Waals surface area contributed by atoms with Crippen molar-refractivity contribution in [2.75, 3.05) is 6.61 Å². The third-order valence-electron chi connectivity index (χ3n) is 19.5. The summed E-state index contributed by atoms with van der Waals surface area (Å²) >= 11 is 0. The maximum Gasteiger partial charge on any atom is 0.340 e. The minimum Gasteiger partial charge on any atom is -0.485 e. The molecule has 3 aliphatic rings. The summed E-state index contributed by atoms with van der Waals surface area (Å²) < 4.78 is 104. The number of carbonyl (C=O) groups is 3. The molecule has 18 nitrogen and oxygen atoms in total. The predicted molar refractivity (Wildman–Crippen MR) is 428 cm³/mol. The lowest BCUT2D eigenvalue weighted by Gasteiger charge is -2.48. The molecule has 13 aromatic carbocycles. The van der Waals surface area contributed by atoms with E-state index in [2.05, 4.69) is 0 Å². The van der Waals surface area contributed by atoms with E-state index in [4.69, 9.17) is 71.1 Å². The Morgan fingerprint density at radius 2 is 0.574 bits per heavy atom. The number of hydrogen-bond donors (Lipinski definition) is 0. The SMILES string of the molecule is O=C(O[C@@H]1O[C@@H]2CO[C@@H](c3ccccc3)O[C@H]2[C@@H]2OC(=O)c3cc(OCc4ccccc4)c(OCc4ccccc4)c(OCc4ccccc4)c3-c3c(cc(OCc4ccccc4)c(OCc4ccccc4)c3OCc3ccccc3)C(=O)O[C@@H]12)c1cc(OCc2ccccc2)c(OCc2ccccc2)c(OCc2ccccc2)c1. The summed E-state index contributed by atoms with van der Waals surface area (Å²) in [6, 6.07) is 101. The van der Waals surface area contributed by atoms with Crippen LogP contribution in [-0.2, 0) is 87.9 Å². The van der Waals surface area contributed by atoms with Crippen molar-refractivity contribution in [1.82, 2.24) is 0 Å². The second-order valence-electron chi connectivity index (χ2n) is 27.5. The van der Waals surface area contributed by atoms with Crippen LogP contribution in [0.5, 0.6) is 51.7 Å². The summed E-state index contributed by atoms with van der Waals surface area (Å²) in [5.74, 6) is -2.67.